The zero-order chi connectivity index (χ0) is 6.53. The molecule has 1 aromatic carbocycles. The van der Waals surface area contributed by atoms with Crippen LogP contribution in [0.5, 0.6) is 5.75 Å². The van der Waals surface area contributed by atoms with E-state index < -0.39 is 0 Å². The van der Waals surface area contributed by atoms with Crippen LogP contribution < -0.4 is 4.18 Å². The quantitative estimate of drug-likeness (QED) is 0.530. The van der Waals surface area contributed by atoms with Crippen molar-refractivity contribution in [2.24, 2.45) is 0 Å². The minimum atomic E-state index is 0. The molecule has 0 fully saturated rings. The van der Waals surface area contributed by atoms with Crippen LogP contribution in [0.3, 0.4) is 0 Å². The zero-order valence-corrected chi connectivity index (χ0v) is 6.36. The Morgan fingerprint density at radius 3 is 2.30 bits per heavy atom. The molecule has 0 aliphatic heterocycles. The van der Waals surface area contributed by atoms with E-state index in [2.05, 4.69) is 11.2 Å². The summed E-state index contributed by atoms with van der Waals surface area (Å²) in [7, 11) is 0.528. The molecule has 0 N–H and O–H groups in total. The Balaban J connectivity index is 0.000000810. The third kappa shape index (κ3) is 3.68. The van der Waals surface area contributed by atoms with Gasteiger partial charge in [-0.1, -0.05) is 18.2 Å². The molecule has 0 spiro atoms. The van der Waals surface area contributed by atoms with E-state index in [9.17, 15) is 0 Å². The van der Waals surface area contributed by atoms with Crippen molar-refractivity contribution in [2.45, 2.75) is 0 Å². The predicted octanol–water partition coefficient (Wildman–Crippen LogP) is 0.609. The Hall–Kier alpha value is 0.590. The number of para-hydroxylation sites is 1. The standard InChI is InChI=1S/C6H6OS2.Na.H/c8-9-7-6-4-2-1-3-5-6;;/h1-5,9H;;. The van der Waals surface area contributed by atoms with Crippen molar-refractivity contribution >= 4 is 51.3 Å². The van der Waals surface area contributed by atoms with E-state index in [0.717, 1.165) is 5.75 Å². The number of hydrogen-bond acceptors (Lipinski definition) is 2. The molecule has 0 unspecified atom stereocenters. The minimum absolute atomic E-state index is 0. The van der Waals surface area contributed by atoms with Gasteiger partial charge in [0.25, 0.3) is 0 Å². The van der Waals surface area contributed by atoms with Gasteiger partial charge in [-0.15, -0.1) is 0 Å². The molecule has 0 aliphatic carbocycles. The molecule has 0 heterocycles. The van der Waals surface area contributed by atoms with E-state index in [-0.39, 0.29) is 29.6 Å². The fraction of sp³-hybridized carbons (Fsp3) is 0. The molecule has 1 aromatic rings. The van der Waals surface area contributed by atoms with Crippen molar-refractivity contribution in [3.05, 3.63) is 30.3 Å². The SMILES string of the molecule is S=[SH]Oc1ccccc1.[NaH]. The molecule has 0 bridgehead atoms. The summed E-state index contributed by atoms with van der Waals surface area (Å²) < 4.78 is 4.99. The van der Waals surface area contributed by atoms with Gasteiger partial charge >= 0.3 is 29.6 Å². The van der Waals surface area contributed by atoms with E-state index in [0.29, 0.717) is 10.6 Å². The Morgan fingerprint density at radius 1 is 1.20 bits per heavy atom. The van der Waals surface area contributed by atoms with Crippen molar-refractivity contribution in [1.82, 2.24) is 0 Å². The van der Waals surface area contributed by atoms with Gasteiger partial charge in [-0.25, -0.2) is 0 Å². The van der Waals surface area contributed by atoms with E-state index in [1.165, 1.54) is 0 Å². The zero-order valence-electron chi connectivity index (χ0n) is 4.65. The molecule has 1 nitrogen and oxygen atoms in total. The molecule has 0 radical (unpaired) electrons. The van der Waals surface area contributed by atoms with E-state index in [4.69, 9.17) is 4.18 Å². The average Bonchev–Trinajstić information content (AvgIpc) is 1.91. The molecule has 50 valence electrons. The van der Waals surface area contributed by atoms with Gasteiger partial charge in [0.05, 0.1) is 0 Å². The van der Waals surface area contributed by atoms with Crippen LogP contribution in [0.2, 0.25) is 0 Å². The number of thiol groups is 1. The third-order valence-corrected chi connectivity index (χ3v) is 1.39. The van der Waals surface area contributed by atoms with Crippen molar-refractivity contribution in [3.63, 3.8) is 0 Å². The monoisotopic (exact) mass is 182 g/mol. The summed E-state index contributed by atoms with van der Waals surface area (Å²) in [6.45, 7) is 0. The van der Waals surface area contributed by atoms with Gasteiger partial charge in [0, 0.05) is 10.6 Å². The van der Waals surface area contributed by atoms with Crippen LogP contribution in [-0.4, -0.2) is 29.6 Å². The van der Waals surface area contributed by atoms with Crippen molar-refractivity contribution in [3.8, 4) is 5.75 Å². The Kier molecular flexibility index (Phi) is 6.68. The normalized spacial score (nSPS) is 8.00. The average molecular weight is 182 g/mol. The molecular formula is C6H7NaOS2. The van der Waals surface area contributed by atoms with E-state index in [1.807, 2.05) is 30.3 Å². The molecule has 1 rings (SSSR count). The Bertz CT molecular complexity index is 190. The van der Waals surface area contributed by atoms with Gasteiger partial charge in [0.1, 0.15) is 5.75 Å². The Morgan fingerprint density at radius 2 is 1.80 bits per heavy atom. The number of rotatable bonds is 2. The maximum absolute atomic E-state index is 4.99. The van der Waals surface area contributed by atoms with E-state index >= 15 is 0 Å². The summed E-state index contributed by atoms with van der Waals surface area (Å²) in [5, 5.41) is 0. The predicted molar refractivity (Wildman–Crippen MR) is 50.3 cm³/mol. The van der Waals surface area contributed by atoms with Gasteiger partial charge in [-0.3, -0.25) is 0 Å². The van der Waals surface area contributed by atoms with Gasteiger partial charge in [0.15, 0.2) is 0 Å². The summed E-state index contributed by atoms with van der Waals surface area (Å²) in [6, 6.07) is 9.51. The molecule has 0 saturated heterocycles. The molecule has 0 aromatic heterocycles. The first kappa shape index (κ1) is 10.6. The first-order valence-corrected chi connectivity index (χ1v) is 4.31. The second-order valence-corrected chi connectivity index (χ2v) is 2.26. The van der Waals surface area contributed by atoms with Gasteiger partial charge in [-0.2, -0.15) is 0 Å². The third-order valence-electron chi connectivity index (χ3n) is 0.886. The summed E-state index contributed by atoms with van der Waals surface area (Å²) in [5.74, 6) is 0.828. The molecule has 0 saturated carbocycles. The van der Waals surface area contributed by atoms with Crippen LogP contribution in [0.15, 0.2) is 30.3 Å². The summed E-state index contributed by atoms with van der Waals surface area (Å²) in [4.78, 5) is 0. The number of benzene rings is 1. The topological polar surface area (TPSA) is 9.23 Å². The maximum atomic E-state index is 4.99. The van der Waals surface area contributed by atoms with Crippen molar-refractivity contribution in [2.75, 3.05) is 0 Å². The molecular weight excluding hydrogens is 175 g/mol. The summed E-state index contributed by atoms with van der Waals surface area (Å²) >= 11 is 4.58. The van der Waals surface area contributed by atoms with Crippen LogP contribution in [0, 0.1) is 0 Å². The van der Waals surface area contributed by atoms with Crippen LogP contribution in [0.4, 0.5) is 0 Å². The number of hydrogen-bond donors (Lipinski definition) is 1. The van der Waals surface area contributed by atoms with Crippen LogP contribution in [-0.2, 0) is 21.8 Å². The fourth-order valence-corrected chi connectivity index (χ4v) is 0.990. The molecule has 4 heteroatoms. The summed E-state index contributed by atoms with van der Waals surface area (Å²) in [5.41, 5.74) is 0. The second kappa shape index (κ2) is 6.31. The summed E-state index contributed by atoms with van der Waals surface area (Å²) in [6.07, 6.45) is 0. The second-order valence-electron chi connectivity index (χ2n) is 1.48. The van der Waals surface area contributed by atoms with Crippen LogP contribution in [0.1, 0.15) is 0 Å². The van der Waals surface area contributed by atoms with Crippen molar-refractivity contribution < 1.29 is 4.18 Å². The molecule has 0 aliphatic rings. The van der Waals surface area contributed by atoms with Crippen LogP contribution >= 0.6 is 0 Å². The molecule has 0 atom stereocenters. The van der Waals surface area contributed by atoms with Gasteiger partial charge in [0.2, 0.25) is 0 Å². The van der Waals surface area contributed by atoms with Gasteiger partial charge < -0.3 is 4.18 Å². The molecule has 0 amide bonds. The van der Waals surface area contributed by atoms with Crippen molar-refractivity contribution in [1.29, 1.82) is 0 Å². The van der Waals surface area contributed by atoms with Gasteiger partial charge in [-0.05, 0) is 23.3 Å². The Labute approximate surface area is 90.9 Å². The first-order chi connectivity index (χ1) is 4.43. The first-order valence-electron chi connectivity index (χ1n) is 2.48. The molecule has 10 heavy (non-hydrogen) atoms. The fourth-order valence-electron chi connectivity index (χ4n) is 0.524. The van der Waals surface area contributed by atoms with Crippen LogP contribution in [0.25, 0.3) is 0 Å². The van der Waals surface area contributed by atoms with E-state index in [1.54, 1.807) is 0 Å².